The molecule has 0 saturated heterocycles. The molecule has 0 aromatic heterocycles. The number of hydrogen-bond donors (Lipinski definition) is 1. The second kappa shape index (κ2) is 9.10. The standard InChI is InChI=1S/C18H34N2/c1-6-11-12-13-14-17-15(7-2)16(8-3)18(9-4)20(10-5)19-17/h19H,6-14H2,1-5H3. The van der Waals surface area contributed by atoms with Gasteiger partial charge in [-0.25, -0.2) is 0 Å². The van der Waals surface area contributed by atoms with Gasteiger partial charge >= 0.3 is 0 Å². The van der Waals surface area contributed by atoms with Crippen molar-refractivity contribution in [2.75, 3.05) is 6.54 Å². The van der Waals surface area contributed by atoms with Crippen molar-refractivity contribution < 1.29 is 0 Å². The first kappa shape index (κ1) is 17.1. The molecular weight excluding hydrogens is 244 g/mol. The lowest BCUT2D eigenvalue weighted by Gasteiger charge is -2.37. The Hall–Kier alpha value is -0.920. The monoisotopic (exact) mass is 278 g/mol. The molecule has 0 aromatic carbocycles. The van der Waals surface area contributed by atoms with Crippen molar-refractivity contribution in [3.8, 4) is 0 Å². The van der Waals surface area contributed by atoms with Crippen LogP contribution in [-0.4, -0.2) is 11.6 Å². The van der Waals surface area contributed by atoms with Crippen molar-refractivity contribution >= 4 is 0 Å². The van der Waals surface area contributed by atoms with Crippen LogP contribution in [0.25, 0.3) is 0 Å². The minimum absolute atomic E-state index is 1.04. The largest absolute Gasteiger partial charge is 0.303 e. The summed E-state index contributed by atoms with van der Waals surface area (Å²) in [5, 5.41) is 2.37. The van der Waals surface area contributed by atoms with Gasteiger partial charge in [-0.05, 0) is 50.2 Å². The minimum Gasteiger partial charge on any atom is -0.303 e. The maximum atomic E-state index is 3.70. The highest BCUT2D eigenvalue weighted by molar-refractivity contribution is 5.40. The summed E-state index contributed by atoms with van der Waals surface area (Å²) in [6.45, 7) is 12.4. The summed E-state index contributed by atoms with van der Waals surface area (Å²) in [4.78, 5) is 0. The van der Waals surface area contributed by atoms with Crippen molar-refractivity contribution in [3.05, 3.63) is 22.5 Å². The van der Waals surface area contributed by atoms with Crippen molar-refractivity contribution in [3.63, 3.8) is 0 Å². The molecule has 0 unspecified atom stereocenters. The molecule has 0 radical (unpaired) electrons. The van der Waals surface area contributed by atoms with E-state index >= 15 is 0 Å². The average Bonchev–Trinajstić information content (AvgIpc) is 2.49. The van der Waals surface area contributed by atoms with Gasteiger partial charge in [0.05, 0.1) is 0 Å². The number of hydrazine groups is 1. The predicted octanol–water partition coefficient (Wildman–Crippen LogP) is 5.54. The van der Waals surface area contributed by atoms with Crippen molar-refractivity contribution in [1.29, 1.82) is 0 Å². The van der Waals surface area contributed by atoms with Crippen LogP contribution in [0.15, 0.2) is 22.5 Å². The summed E-state index contributed by atoms with van der Waals surface area (Å²) >= 11 is 0. The molecule has 0 bridgehead atoms. The molecule has 0 aromatic rings. The second-order valence-corrected chi connectivity index (χ2v) is 5.61. The highest BCUT2D eigenvalue weighted by Gasteiger charge is 2.22. The highest BCUT2D eigenvalue weighted by atomic mass is 15.5. The van der Waals surface area contributed by atoms with Gasteiger partial charge in [-0.1, -0.05) is 47.0 Å². The summed E-state index contributed by atoms with van der Waals surface area (Å²) in [5.41, 5.74) is 9.88. The normalized spacial score (nSPS) is 15.9. The molecule has 0 spiro atoms. The minimum atomic E-state index is 1.04. The van der Waals surface area contributed by atoms with E-state index in [1.807, 2.05) is 0 Å². The van der Waals surface area contributed by atoms with E-state index < -0.39 is 0 Å². The molecule has 1 heterocycles. The third-order valence-corrected chi connectivity index (χ3v) is 4.31. The Morgan fingerprint density at radius 1 is 0.800 bits per heavy atom. The summed E-state index contributed by atoms with van der Waals surface area (Å²) in [7, 11) is 0. The predicted molar refractivity (Wildman–Crippen MR) is 89.2 cm³/mol. The lowest BCUT2D eigenvalue weighted by atomic mass is 9.92. The first-order chi connectivity index (χ1) is 9.73. The summed E-state index contributed by atoms with van der Waals surface area (Å²) in [6, 6.07) is 0. The zero-order chi connectivity index (χ0) is 15.0. The quantitative estimate of drug-likeness (QED) is 0.557. The Labute approximate surface area is 126 Å². The number of unbranched alkanes of at least 4 members (excludes halogenated alkanes) is 3. The van der Waals surface area contributed by atoms with Crippen LogP contribution in [0.5, 0.6) is 0 Å². The smallest absolute Gasteiger partial charge is 0.0378 e. The van der Waals surface area contributed by atoms with Gasteiger partial charge in [0.15, 0.2) is 0 Å². The lowest BCUT2D eigenvalue weighted by Crippen LogP contribution is -2.40. The van der Waals surface area contributed by atoms with Crippen molar-refractivity contribution in [2.24, 2.45) is 0 Å². The molecule has 0 atom stereocenters. The molecule has 116 valence electrons. The molecule has 0 saturated carbocycles. The number of nitrogens with one attached hydrogen (secondary N) is 1. The van der Waals surface area contributed by atoms with Crippen molar-refractivity contribution in [1.82, 2.24) is 10.4 Å². The molecular formula is C18H34N2. The van der Waals surface area contributed by atoms with Crippen LogP contribution in [-0.2, 0) is 0 Å². The van der Waals surface area contributed by atoms with Gasteiger partial charge in [0, 0.05) is 17.9 Å². The van der Waals surface area contributed by atoms with Gasteiger partial charge in [0.1, 0.15) is 0 Å². The molecule has 20 heavy (non-hydrogen) atoms. The van der Waals surface area contributed by atoms with Crippen LogP contribution in [0.3, 0.4) is 0 Å². The van der Waals surface area contributed by atoms with Gasteiger partial charge < -0.3 is 5.43 Å². The fourth-order valence-corrected chi connectivity index (χ4v) is 3.27. The van der Waals surface area contributed by atoms with Crippen LogP contribution >= 0.6 is 0 Å². The van der Waals surface area contributed by atoms with E-state index in [0.717, 1.165) is 25.8 Å². The number of allylic oxidation sites excluding steroid dienone is 4. The topological polar surface area (TPSA) is 15.3 Å². The Kier molecular flexibility index (Phi) is 7.79. The van der Waals surface area contributed by atoms with E-state index in [1.54, 1.807) is 11.1 Å². The van der Waals surface area contributed by atoms with Crippen LogP contribution in [0, 0.1) is 0 Å². The maximum Gasteiger partial charge on any atom is 0.0378 e. The SMILES string of the molecule is CCCCCCC1=C(CC)C(CC)=C(CC)N(CC)N1. The average molecular weight is 278 g/mol. The Balaban J connectivity index is 2.92. The third kappa shape index (κ3) is 4.04. The molecule has 1 aliphatic rings. The maximum absolute atomic E-state index is 3.70. The zero-order valence-electron chi connectivity index (χ0n) is 14.3. The Morgan fingerprint density at radius 2 is 1.50 bits per heavy atom. The summed E-state index contributed by atoms with van der Waals surface area (Å²) < 4.78 is 0. The first-order valence-electron chi connectivity index (χ1n) is 8.71. The molecule has 2 nitrogen and oxygen atoms in total. The molecule has 1 N–H and O–H groups in total. The van der Waals surface area contributed by atoms with Crippen LogP contribution in [0.2, 0.25) is 0 Å². The Bertz CT molecular complexity index is 352. The summed E-state index contributed by atoms with van der Waals surface area (Å²) in [5.74, 6) is 0. The fourth-order valence-electron chi connectivity index (χ4n) is 3.27. The van der Waals surface area contributed by atoms with E-state index in [1.165, 1.54) is 43.5 Å². The van der Waals surface area contributed by atoms with E-state index in [4.69, 9.17) is 0 Å². The highest BCUT2D eigenvalue weighted by Crippen LogP contribution is 2.32. The van der Waals surface area contributed by atoms with Crippen LogP contribution in [0.1, 0.15) is 86.0 Å². The van der Waals surface area contributed by atoms with Crippen LogP contribution < -0.4 is 5.43 Å². The molecule has 0 fully saturated rings. The Morgan fingerprint density at radius 3 is 2.00 bits per heavy atom. The van der Waals surface area contributed by atoms with E-state index in [-0.39, 0.29) is 0 Å². The summed E-state index contributed by atoms with van der Waals surface area (Å²) in [6.07, 6.45) is 9.99. The lowest BCUT2D eigenvalue weighted by molar-refractivity contribution is 0.262. The van der Waals surface area contributed by atoms with Crippen LogP contribution in [0.4, 0.5) is 0 Å². The van der Waals surface area contributed by atoms with Gasteiger partial charge in [0.2, 0.25) is 0 Å². The second-order valence-electron chi connectivity index (χ2n) is 5.61. The zero-order valence-corrected chi connectivity index (χ0v) is 14.3. The molecule has 0 aliphatic carbocycles. The fraction of sp³-hybridized carbons (Fsp3) is 0.778. The molecule has 0 amide bonds. The van der Waals surface area contributed by atoms with Gasteiger partial charge in [-0.2, -0.15) is 0 Å². The van der Waals surface area contributed by atoms with Crippen molar-refractivity contribution in [2.45, 2.75) is 86.0 Å². The molecule has 1 aliphatic heterocycles. The van der Waals surface area contributed by atoms with Gasteiger partial charge in [-0.3, -0.25) is 5.01 Å². The van der Waals surface area contributed by atoms with Gasteiger partial charge in [0.25, 0.3) is 0 Å². The third-order valence-electron chi connectivity index (χ3n) is 4.31. The van der Waals surface area contributed by atoms with E-state index in [9.17, 15) is 0 Å². The number of rotatable bonds is 9. The number of nitrogens with zero attached hydrogens (tertiary/aromatic N) is 1. The van der Waals surface area contributed by atoms with E-state index in [2.05, 4.69) is 45.1 Å². The first-order valence-corrected chi connectivity index (χ1v) is 8.71. The van der Waals surface area contributed by atoms with E-state index in [0.29, 0.717) is 0 Å². The molecule has 2 heteroatoms. The van der Waals surface area contributed by atoms with Gasteiger partial charge in [-0.15, -0.1) is 0 Å². The number of hydrogen-bond acceptors (Lipinski definition) is 2. The molecule has 1 rings (SSSR count).